The summed E-state index contributed by atoms with van der Waals surface area (Å²) < 4.78 is 2.25. The number of aliphatic hydroxyl groups is 1. The quantitative estimate of drug-likeness (QED) is 0.582. The van der Waals surface area contributed by atoms with E-state index in [0.717, 1.165) is 51.2 Å². The zero-order valence-corrected chi connectivity index (χ0v) is 14.9. The van der Waals surface area contributed by atoms with Gasteiger partial charge in [0, 0.05) is 25.4 Å². The van der Waals surface area contributed by atoms with Crippen molar-refractivity contribution in [3.05, 3.63) is 18.2 Å². The molecule has 1 heterocycles. The summed E-state index contributed by atoms with van der Waals surface area (Å²) in [7, 11) is 0. The van der Waals surface area contributed by atoms with Crippen molar-refractivity contribution < 1.29 is 5.11 Å². The minimum absolute atomic E-state index is 0.511. The van der Waals surface area contributed by atoms with E-state index in [0.29, 0.717) is 0 Å². The number of rotatable bonds is 12. The molecule has 1 aromatic rings. The maximum Gasteiger partial charge on any atom is 0.108 e. The zero-order chi connectivity index (χ0) is 16.4. The molecule has 128 valence electrons. The van der Waals surface area contributed by atoms with Crippen LogP contribution in [0.1, 0.15) is 65.6 Å². The van der Waals surface area contributed by atoms with Crippen LogP contribution in [0.15, 0.2) is 12.4 Å². The number of aryl methyl sites for hydroxylation is 2. The summed E-state index contributed by atoms with van der Waals surface area (Å²) in [5.41, 5.74) is -0.511. The van der Waals surface area contributed by atoms with Crippen molar-refractivity contribution in [1.82, 2.24) is 14.9 Å². The van der Waals surface area contributed by atoms with Crippen molar-refractivity contribution in [1.29, 1.82) is 0 Å². The lowest BCUT2D eigenvalue weighted by atomic mass is 9.95. The summed E-state index contributed by atoms with van der Waals surface area (Å²) in [6.45, 7) is 11.5. The number of hydrogen-bond donors (Lipinski definition) is 2. The fraction of sp³-hybridized carbons (Fsp3) is 0.833. The largest absolute Gasteiger partial charge is 0.390 e. The molecule has 2 N–H and O–H groups in total. The minimum atomic E-state index is -0.511. The highest BCUT2D eigenvalue weighted by atomic mass is 16.3. The predicted octanol–water partition coefficient (Wildman–Crippen LogP) is 3.39. The van der Waals surface area contributed by atoms with E-state index in [1.165, 1.54) is 18.7 Å². The van der Waals surface area contributed by atoms with Gasteiger partial charge in [0.15, 0.2) is 0 Å². The molecular formula is C18H35N3O. The maximum absolute atomic E-state index is 9.70. The fourth-order valence-corrected chi connectivity index (χ4v) is 2.73. The van der Waals surface area contributed by atoms with Crippen LogP contribution in [0.3, 0.4) is 0 Å². The SMILES string of the molecule is CCc1nccn1CCCNCC[C@@H](C)CCCC(C)(C)O. The Labute approximate surface area is 136 Å². The molecule has 0 saturated heterocycles. The standard InChI is InChI=1S/C18H35N3O/c1-5-17-20-13-15-21(17)14-7-11-19-12-9-16(2)8-6-10-18(3,4)22/h13,15-16,19,22H,5-12,14H2,1-4H3/t16-/m0/s1. The lowest BCUT2D eigenvalue weighted by Crippen LogP contribution is -2.21. The second-order valence-corrected chi connectivity index (χ2v) is 7.09. The predicted molar refractivity (Wildman–Crippen MR) is 93.0 cm³/mol. The Bertz CT molecular complexity index is 395. The van der Waals surface area contributed by atoms with Crippen molar-refractivity contribution in [2.45, 2.75) is 78.4 Å². The van der Waals surface area contributed by atoms with Gasteiger partial charge in [-0.25, -0.2) is 4.98 Å². The molecule has 0 saturated carbocycles. The Morgan fingerprint density at radius 3 is 2.73 bits per heavy atom. The lowest BCUT2D eigenvalue weighted by Gasteiger charge is -2.18. The monoisotopic (exact) mass is 309 g/mol. The van der Waals surface area contributed by atoms with E-state index in [9.17, 15) is 5.11 Å². The molecule has 1 atom stereocenters. The average Bonchev–Trinajstić information content (AvgIpc) is 2.88. The Balaban J connectivity index is 1.99. The average molecular weight is 309 g/mol. The van der Waals surface area contributed by atoms with Gasteiger partial charge in [0.2, 0.25) is 0 Å². The highest BCUT2D eigenvalue weighted by molar-refractivity contribution is 4.91. The van der Waals surface area contributed by atoms with Gasteiger partial charge in [-0.15, -0.1) is 0 Å². The molecule has 1 rings (SSSR count). The van der Waals surface area contributed by atoms with E-state index in [1.807, 2.05) is 20.0 Å². The normalized spacial score (nSPS) is 13.5. The molecule has 22 heavy (non-hydrogen) atoms. The Morgan fingerprint density at radius 2 is 2.05 bits per heavy atom. The van der Waals surface area contributed by atoms with Crippen LogP contribution < -0.4 is 5.32 Å². The van der Waals surface area contributed by atoms with Crippen LogP contribution in [0.5, 0.6) is 0 Å². The summed E-state index contributed by atoms with van der Waals surface area (Å²) in [5, 5.41) is 13.2. The highest BCUT2D eigenvalue weighted by Gasteiger charge is 2.12. The topological polar surface area (TPSA) is 50.1 Å². The van der Waals surface area contributed by atoms with Crippen LogP contribution in [-0.2, 0) is 13.0 Å². The van der Waals surface area contributed by atoms with E-state index in [-0.39, 0.29) is 0 Å². The number of nitrogens with zero attached hydrogens (tertiary/aromatic N) is 2. The molecule has 4 nitrogen and oxygen atoms in total. The van der Waals surface area contributed by atoms with Gasteiger partial charge < -0.3 is 15.0 Å². The second kappa shape index (κ2) is 10.0. The molecule has 4 heteroatoms. The first-order chi connectivity index (χ1) is 10.4. The van der Waals surface area contributed by atoms with Gasteiger partial charge >= 0.3 is 0 Å². The van der Waals surface area contributed by atoms with Crippen molar-refractivity contribution in [2.24, 2.45) is 5.92 Å². The fourth-order valence-electron chi connectivity index (χ4n) is 2.73. The van der Waals surface area contributed by atoms with E-state index in [2.05, 4.69) is 34.9 Å². The van der Waals surface area contributed by atoms with Crippen LogP contribution in [0.4, 0.5) is 0 Å². The highest BCUT2D eigenvalue weighted by Crippen LogP contribution is 2.17. The molecule has 0 spiro atoms. The molecule has 0 aliphatic rings. The number of hydrogen-bond acceptors (Lipinski definition) is 3. The van der Waals surface area contributed by atoms with Crippen LogP contribution in [0.25, 0.3) is 0 Å². The molecule has 0 amide bonds. The van der Waals surface area contributed by atoms with Gasteiger partial charge in [-0.3, -0.25) is 0 Å². The first-order valence-electron chi connectivity index (χ1n) is 8.85. The second-order valence-electron chi connectivity index (χ2n) is 7.09. The first kappa shape index (κ1) is 19.2. The van der Waals surface area contributed by atoms with Gasteiger partial charge in [-0.2, -0.15) is 0 Å². The summed E-state index contributed by atoms with van der Waals surface area (Å²) in [5.74, 6) is 1.91. The van der Waals surface area contributed by atoms with Crippen LogP contribution in [0.2, 0.25) is 0 Å². The van der Waals surface area contributed by atoms with Gasteiger partial charge in [0.05, 0.1) is 5.60 Å². The third kappa shape index (κ3) is 8.54. The van der Waals surface area contributed by atoms with Crippen molar-refractivity contribution >= 4 is 0 Å². The van der Waals surface area contributed by atoms with Crippen LogP contribution >= 0.6 is 0 Å². The minimum Gasteiger partial charge on any atom is -0.390 e. The van der Waals surface area contributed by atoms with Gasteiger partial charge in [-0.1, -0.05) is 26.7 Å². The third-order valence-corrected chi connectivity index (χ3v) is 4.17. The zero-order valence-electron chi connectivity index (χ0n) is 14.9. The third-order valence-electron chi connectivity index (χ3n) is 4.17. The Hall–Kier alpha value is -0.870. The molecule has 0 aliphatic carbocycles. The van der Waals surface area contributed by atoms with E-state index in [4.69, 9.17) is 0 Å². The molecular weight excluding hydrogens is 274 g/mol. The van der Waals surface area contributed by atoms with Gasteiger partial charge in [0.1, 0.15) is 5.82 Å². The van der Waals surface area contributed by atoms with Crippen LogP contribution in [0, 0.1) is 5.92 Å². The summed E-state index contributed by atoms with van der Waals surface area (Å²) in [6.07, 6.45) is 10.6. The summed E-state index contributed by atoms with van der Waals surface area (Å²) >= 11 is 0. The number of imidazole rings is 1. The van der Waals surface area contributed by atoms with Gasteiger partial charge in [0.25, 0.3) is 0 Å². The molecule has 0 aliphatic heterocycles. The number of aromatic nitrogens is 2. The van der Waals surface area contributed by atoms with Crippen LogP contribution in [-0.4, -0.2) is 33.3 Å². The van der Waals surface area contributed by atoms with E-state index < -0.39 is 5.60 Å². The molecule has 0 bridgehead atoms. The smallest absolute Gasteiger partial charge is 0.108 e. The van der Waals surface area contributed by atoms with Gasteiger partial charge in [-0.05, 0) is 52.1 Å². The molecule has 0 unspecified atom stereocenters. The molecule has 0 radical (unpaired) electrons. The lowest BCUT2D eigenvalue weighted by molar-refractivity contribution is 0.0669. The maximum atomic E-state index is 9.70. The van der Waals surface area contributed by atoms with Crippen molar-refractivity contribution in [3.8, 4) is 0 Å². The number of nitrogens with one attached hydrogen (secondary N) is 1. The summed E-state index contributed by atoms with van der Waals surface area (Å²) in [4.78, 5) is 4.34. The van der Waals surface area contributed by atoms with Crippen molar-refractivity contribution in [3.63, 3.8) is 0 Å². The molecule has 0 aromatic carbocycles. The Morgan fingerprint density at radius 1 is 1.27 bits per heavy atom. The first-order valence-corrected chi connectivity index (χ1v) is 8.85. The Kier molecular flexibility index (Phi) is 8.72. The van der Waals surface area contributed by atoms with E-state index >= 15 is 0 Å². The molecule has 1 aromatic heterocycles. The summed E-state index contributed by atoms with van der Waals surface area (Å²) in [6, 6.07) is 0. The van der Waals surface area contributed by atoms with Crippen molar-refractivity contribution in [2.75, 3.05) is 13.1 Å². The molecule has 0 fully saturated rings. The van der Waals surface area contributed by atoms with E-state index in [1.54, 1.807) is 0 Å².